The fourth-order valence-electron chi connectivity index (χ4n) is 2.55. The van der Waals surface area contributed by atoms with Crippen LogP contribution in [0.1, 0.15) is 39.7 Å². The molecular formula is C15H21ClO2. The zero-order chi connectivity index (χ0) is 13.6. The van der Waals surface area contributed by atoms with E-state index in [0.717, 1.165) is 17.7 Å². The van der Waals surface area contributed by atoms with Gasteiger partial charge in [0.05, 0.1) is 5.60 Å². The summed E-state index contributed by atoms with van der Waals surface area (Å²) in [6.45, 7) is 10.4. The van der Waals surface area contributed by atoms with Crippen molar-refractivity contribution in [3.63, 3.8) is 0 Å². The van der Waals surface area contributed by atoms with Gasteiger partial charge in [-0.15, -0.1) is 0 Å². The summed E-state index contributed by atoms with van der Waals surface area (Å²) in [7, 11) is 0. The Morgan fingerprint density at radius 2 is 1.94 bits per heavy atom. The lowest BCUT2D eigenvalue weighted by Gasteiger charge is -2.28. The largest absolute Gasteiger partial charge is 0.487 e. The van der Waals surface area contributed by atoms with Crippen molar-refractivity contribution in [2.24, 2.45) is 0 Å². The van der Waals surface area contributed by atoms with Crippen molar-refractivity contribution in [2.75, 3.05) is 0 Å². The van der Waals surface area contributed by atoms with E-state index in [1.807, 2.05) is 25.1 Å². The summed E-state index contributed by atoms with van der Waals surface area (Å²) in [5, 5.41) is 0.701. The number of rotatable bonds is 2. The Morgan fingerprint density at radius 1 is 1.28 bits per heavy atom. The summed E-state index contributed by atoms with van der Waals surface area (Å²) in [6, 6.07) is 5.73. The minimum atomic E-state index is -0.280. The minimum Gasteiger partial charge on any atom is -0.487 e. The maximum absolute atomic E-state index is 6.13. The van der Waals surface area contributed by atoms with Gasteiger partial charge in [-0.3, -0.25) is 0 Å². The molecule has 1 fully saturated rings. The first-order valence-corrected chi connectivity index (χ1v) is 6.70. The molecule has 0 N–H and O–H groups in total. The second-order valence-corrected chi connectivity index (χ2v) is 6.62. The van der Waals surface area contributed by atoms with Crippen LogP contribution in [-0.4, -0.2) is 17.3 Å². The maximum atomic E-state index is 6.13. The predicted molar refractivity (Wildman–Crippen MR) is 74.5 cm³/mol. The van der Waals surface area contributed by atoms with E-state index in [2.05, 4.69) is 27.7 Å². The van der Waals surface area contributed by atoms with E-state index in [-0.39, 0.29) is 17.3 Å². The van der Waals surface area contributed by atoms with Crippen molar-refractivity contribution in [3.8, 4) is 5.75 Å². The fraction of sp³-hybridized carbons (Fsp3) is 0.600. The molecule has 1 atom stereocenters. The van der Waals surface area contributed by atoms with E-state index >= 15 is 0 Å². The number of halogens is 1. The van der Waals surface area contributed by atoms with E-state index in [1.165, 1.54) is 0 Å². The van der Waals surface area contributed by atoms with Crippen molar-refractivity contribution in [1.29, 1.82) is 0 Å². The van der Waals surface area contributed by atoms with Crippen LogP contribution in [-0.2, 0) is 4.74 Å². The third kappa shape index (κ3) is 2.81. The first-order chi connectivity index (χ1) is 8.20. The van der Waals surface area contributed by atoms with Gasteiger partial charge in [-0.2, -0.15) is 0 Å². The number of aryl methyl sites for hydroxylation is 1. The highest BCUT2D eigenvalue weighted by Crippen LogP contribution is 2.40. The molecule has 0 saturated carbocycles. The van der Waals surface area contributed by atoms with Gasteiger partial charge in [0, 0.05) is 11.4 Å². The van der Waals surface area contributed by atoms with E-state index in [9.17, 15) is 0 Å². The molecule has 100 valence electrons. The first kappa shape index (κ1) is 13.7. The monoisotopic (exact) mass is 268 g/mol. The van der Waals surface area contributed by atoms with E-state index in [0.29, 0.717) is 5.02 Å². The van der Waals surface area contributed by atoms with Gasteiger partial charge >= 0.3 is 0 Å². The SMILES string of the molecule is Cc1ccc(Cl)cc1OC1CC(C)(C)OC1(C)C. The molecule has 18 heavy (non-hydrogen) atoms. The normalized spacial score (nSPS) is 25.1. The molecule has 0 bridgehead atoms. The van der Waals surface area contributed by atoms with Crippen molar-refractivity contribution in [3.05, 3.63) is 28.8 Å². The zero-order valence-electron chi connectivity index (χ0n) is 11.7. The lowest BCUT2D eigenvalue weighted by Crippen LogP contribution is -2.36. The molecule has 3 heteroatoms. The highest BCUT2D eigenvalue weighted by atomic mass is 35.5. The van der Waals surface area contributed by atoms with E-state index in [4.69, 9.17) is 21.1 Å². The maximum Gasteiger partial charge on any atom is 0.130 e. The molecular weight excluding hydrogens is 248 g/mol. The summed E-state index contributed by atoms with van der Waals surface area (Å²) in [6.07, 6.45) is 0.927. The Bertz CT molecular complexity index is 452. The Morgan fingerprint density at radius 3 is 2.50 bits per heavy atom. The molecule has 1 aromatic rings. The molecule has 2 rings (SSSR count). The van der Waals surface area contributed by atoms with Crippen molar-refractivity contribution >= 4 is 11.6 Å². The molecule has 0 radical (unpaired) electrons. The molecule has 1 unspecified atom stereocenters. The van der Waals surface area contributed by atoms with Gasteiger partial charge in [0.25, 0.3) is 0 Å². The smallest absolute Gasteiger partial charge is 0.130 e. The highest BCUT2D eigenvalue weighted by molar-refractivity contribution is 6.30. The van der Waals surface area contributed by atoms with Crippen LogP contribution in [0, 0.1) is 6.92 Å². The molecule has 1 aliphatic heterocycles. The Hall–Kier alpha value is -0.730. The second-order valence-electron chi connectivity index (χ2n) is 6.19. The van der Waals surface area contributed by atoms with Crippen LogP contribution < -0.4 is 4.74 Å². The zero-order valence-corrected chi connectivity index (χ0v) is 12.5. The summed E-state index contributed by atoms with van der Waals surface area (Å²) >= 11 is 6.02. The summed E-state index contributed by atoms with van der Waals surface area (Å²) in [5.41, 5.74) is 0.679. The van der Waals surface area contributed by atoms with Crippen molar-refractivity contribution in [2.45, 2.75) is 58.3 Å². The fourth-order valence-corrected chi connectivity index (χ4v) is 2.71. The topological polar surface area (TPSA) is 18.5 Å². The number of benzene rings is 1. The van der Waals surface area contributed by atoms with Gasteiger partial charge in [0.2, 0.25) is 0 Å². The molecule has 0 aromatic heterocycles. The molecule has 1 aromatic carbocycles. The van der Waals surface area contributed by atoms with Crippen LogP contribution in [0.15, 0.2) is 18.2 Å². The first-order valence-electron chi connectivity index (χ1n) is 6.33. The lowest BCUT2D eigenvalue weighted by atomic mass is 9.97. The van der Waals surface area contributed by atoms with Crippen molar-refractivity contribution in [1.82, 2.24) is 0 Å². The number of ether oxygens (including phenoxy) is 2. The third-order valence-corrected chi connectivity index (χ3v) is 3.65. The van der Waals surface area contributed by atoms with Gasteiger partial charge in [-0.25, -0.2) is 0 Å². The Labute approximate surface area is 114 Å². The third-order valence-electron chi connectivity index (χ3n) is 3.41. The molecule has 0 aliphatic carbocycles. The average Bonchev–Trinajstić information content (AvgIpc) is 2.40. The van der Waals surface area contributed by atoms with Gasteiger partial charge < -0.3 is 9.47 Å². The molecule has 1 saturated heterocycles. The van der Waals surface area contributed by atoms with Crippen LogP contribution in [0.5, 0.6) is 5.75 Å². The van der Waals surface area contributed by atoms with Gasteiger partial charge in [-0.1, -0.05) is 17.7 Å². The predicted octanol–water partition coefficient (Wildman–Crippen LogP) is 4.37. The van der Waals surface area contributed by atoms with Crippen LogP contribution in [0.3, 0.4) is 0 Å². The Balaban J connectivity index is 2.21. The van der Waals surface area contributed by atoms with Crippen LogP contribution in [0.2, 0.25) is 5.02 Å². The lowest BCUT2D eigenvalue weighted by molar-refractivity contribution is -0.0846. The second kappa shape index (κ2) is 4.43. The van der Waals surface area contributed by atoms with Crippen molar-refractivity contribution < 1.29 is 9.47 Å². The van der Waals surface area contributed by atoms with Crippen LogP contribution >= 0.6 is 11.6 Å². The molecule has 0 amide bonds. The Kier molecular flexibility index (Phi) is 3.37. The summed E-state index contributed by atoms with van der Waals surface area (Å²) in [5.74, 6) is 0.849. The number of hydrogen-bond donors (Lipinski definition) is 0. The summed E-state index contributed by atoms with van der Waals surface area (Å²) < 4.78 is 12.2. The minimum absolute atomic E-state index is 0.0460. The van der Waals surface area contributed by atoms with E-state index in [1.54, 1.807) is 0 Å². The quantitative estimate of drug-likeness (QED) is 0.793. The van der Waals surface area contributed by atoms with Gasteiger partial charge in [0.1, 0.15) is 17.5 Å². The van der Waals surface area contributed by atoms with Gasteiger partial charge in [0.15, 0.2) is 0 Å². The summed E-state index contributed by atoms with van der Waals surface area (Å²) in [4.78, 5) is 0. The molecule has 1 aliphatic rings. The van der Waals surface area contributed by atoms with Crippen LogP contribution in [0.25, 0.3) is 0 Å². The van der Waals surface area contributed by atoms with Crippen LogP contribution in [0.4, 0.5) is 0 Å². The molecule has 0 spiro atoms. The highest BCUT2D eigenvalue weighted by Gasteiger charge is 2.47. The number of hydrogen-bond acceptors (Lipinski definition) is 2. The van der Waals surface area contributed by atoms with E-state index < -0.39 is 0 Å². The molecule has 2 nitrogen and oxygen atoms in total. The standard InChI is InChI=1S/C15H21ClO2/c1-10-6-7-11(16)8-12(10)17-13-9-14(2,3)18-15(13,4)5/h6-8,13H,9H2,1-5H3. The molecule has 1 heterocycles. The van der Waals surface area contributed by atoms with Gasteiger partial charge in [-0.05, 0) is 52.3 Å². The average molecular weight is 269 g/mol.